The normalized spacial score (nSPS) is 13.2. The largest absolute Gasteiger partial charge is 0.486 e. The summed E-state index contributed by atoms with van der Waals surface area (Å²) in [6.07, 6.45) is 1.63. The molecule has 6 nitrogen and oxygen atoms in total. The number of nitrogens with zero attached hydrogens (tertiary/aromatic N) is 3. The standard InChI is InChI=1S/C17H16ClN3O3S/c1-2-21-16(13-4-3-5-22-13)19-20-17(21)25-10-11-8-12(18)15-14(9-11)23-6-7-24-15/h3-5,8-9H,2,6-7,10H2,1H3. The minimum atomic E-state index is 0.524. The van der Waals surface area contributed by atoms with Gasteiger partial charge in [-0.2, -0.15) is 0 Å². The van der Waals surface area contributed by atoms with Crippen molar-refractivity contribution in [1.82, 2.24) is 14.8 Å². The zero-order valence-corrected chi connectivity index (χ0v) is 15.1. The van der Waals surface area contributed by atoms with Crippen LogP contribution < -0.4 is 9.47 Å². The number of aromatic nitrogens is 3. The summed E-state index contributed by atoms with van der Waals surface area (Å²) in [5.41, 5.74) is 1.05. The Balaban J connectivity index is 1.55. The van der Waals surface area contributed by atoms with E-state index in [0.717, 1.165) is 23.1 Å². The molecule has 3 heterocycles. The molecule has 0 radical (unpaired) electrons. The molecular weight excluding hydrogens is 362 g/mol. The molecule has 0 saturated heterocycles. The average molecular weight is 378 g/mol. The summed E-state index contributed by atoms with van der Waals surface area (Å²) in [6, 6.07) is 7.59. The molecule has 8 heteroatoms. The Morgan fingerprint density at radius 3 is 2.92 bits per heavy atom. The number of fused-ring (bicyclic) bond motifs is 1. The molecule has 0 aliphatic carbocycles. The predicted octanol–water partition coefficient (Wildman–Crippen LogP) is 4.27. The summed E-state index contributed by atoms with van der Waals surface area (Å²) in [5, 5.41) is 9.96. The molecule has 0 fully saturated rings. The van der Waals surface area contributed by atoms with Crippen LogP contribution in [0.15, 0.2) is 40.1 Å². The molecule has 2 aromatic heterocycles. The van der Waals surface area contributed by atoms with Crippen LogP contribution in [0.25, 0.3) is 11.6 Å². The second-order valence-electron chi connectivity index (χ2n) is 5.42. The summed E-state index contributed by atoms with van der Waals surface area (Å²) in [5.74, 6) is 3.46. The van der Waals surface area contributed by atoms with Crippen molar-refractivity contribution < 1.29 is 13.9 Å². The number of furan rings is 1. The van der Waals surface area contributed by atoms with Gasteiger partial charge in [-0.3, -0.25) is 4.57 Å². The van der Waals surface area contributed by atoms with E-state index in [1.54, 1.807) is 18.0 Å². The number of ether oxygens (including phenoxy) is 2. The first kappa shape index (κ1) is 16.4. The van der Waals surface area contributed by atoms with E-state index >= 15 is 0 Å². The first-order valence-electron chi connectivity index (χ1n) is 7.94. The molecule has 1 aliphatic rings. The highest BCUT2D eigenvalue weighted by Gasteiger charge is 2.18. The fourth-order valence-electron chi connectivity index (χ4n) is 2.66. The molecule has 0 atom stereocenters. The lowest BCUT2D eigenvalue weighted by atomic mass is 10.2. The van der Waals surface area contributed by atoms with Gasteiger partial charge in [0, 0.05) is 12.3 Å². The van der Waals surface area contributed by atoms with Crippen molar-refractivity contribution in [3.8, 4) is 23.1 Å². The molecule has 25 heavy (non-hydrogen) atoms. The fraction of sp³-hybridized carbons (Fsp3) is 0.294. The number of thioether (sulfide) groups is 1. The molecule has 4 rings (SSSR count). The number of rotatable bonds is 5. The van der Waals surface area contributed by atoms with Crippen LogP contribution in [0.1, 0.15) is 12.5 Å². The Labute approximate surface area is 154 Å². The van der Waals surface area contributed by atoms with Crippen LogP contribution in [-0.2, 0) is 12.3 Å². The van der Waals surface area contributed by atoms with Crippen LogP contribution in [0.5, 0.6) is 11.5 Å². The topological polar surface area (TPSA) is 62.3 Å². The minimum absolute atomic E-state index is 0.524. The highest BCUT2D eigenvalue weighted by molar-refractivity contribution is 7.98. The van der Waals surface area contributed by atoms with Crippen LogP contribution in [0.4, 0.5) is 0 Å². The Kier molecular flexibility index (Phi) is 4.59. The van der Waals surface area contributed by atoms with Gasteiger partial charge in [0.25, 0.3) is 0 Å². The van der Waals surface area contributed by atoms with E-state index < -0.39 is 0 Å². The first-order chi connectivity index (χ1) is 12.3. The van der Waals surface area contributed by atoms with Crippen LogP contribution in [-0.4, -0.2) is 28.0 Å². The number of hydrogen-bond acceptors (Lipinski definition) is 6. The molecule has 0 spiro atoms. The fourth-order valence-corrected chi connectivity index (χ4v) is 3.88. The monoisotopic (exact) mass is 377 g/mol. The molecule has 3 aromatic rings. The van der Waals surface area contributed by atoms with Gasteiger partial charge in [-0.1, -0.05) is 23.4 Å². The van der Waals surface area contributed by atoms with E-state index in [4.69, 9.17) is 25.5 Å². The Morgan fingerprint density at radius 2 is 2.12 bits per heavy atom. The smallest absolute Gasteiger partial charge is 0.200 e. The Hall–Kier alpha value is -2.12. The molecule has 0 amide bonds. The lowest BCUT2D eigenvalue weighted by molar-refractivity contribution is 0.171. The predicted molar refractivity (Wildman–Crippen MR) is 95.4 cm³/mol. The van der Waals surface area contributed by atoms with E-state index in [1.165, 1.54) is 0 Å². The Bertz CT molecular complexity index is 880. The van der Waals surface area contributed by atoms with Crippen molar-refractivity contribution >= 4 is 23.4 Å². The van der Waals surface area contributed by atoms with Crippen LogP contribution in [0, 0.1) is 0 Å². The van der Waals surface area contributed by atoms with Gasteiger partial charge in [-0.25, -0.2) is 0 Å². The summed E-state index contributed by atoms with van der Waals surface area (Å²) >= 11 is 7.89. The van der Waals surface area contributed by atoms with Gasteiger partial charge in [0.2, 0.25) is 0 Å². The molecule has 0 N–H and O–H groups in total. The summed E-state index contributed by atoms with van der Waals surface area (Å²) < 4.78 is 18.6. The molecule has 0 unspecified atom stereocenters. The lowest BCUT2D eigenvalue weighted by Crippen LogP contribution is -2.15. The maximum atomic E-state index is 6.30. The van der Waals surface area contributed by atoms with Crippen molar-refractivity contribution in [2.75, 3.05) is 13.2 Å². The van der Waals surface area contributed by atoms with Gasteiger partial charge in [-0.05, 0) is 36.8 Å². The van der Waals surface area contributed by atoms with Gasteiger partial charge in [0.05, 0.1) is 11.3 Å². The minimum Gasteiger partial charge on any atom is -0.486 e. The summed E-state index contributed by atoms with van der Waals surface area (Å²) in [6.45, 7) is 3.88. The van der Waals surface area contributed by atoms with Crippen molar-refractivity contribution in [2.24, 2.45) is 0 Å². The molecule has 1 aliphatic heterocycles. The maximum absolute atomic E-state index is 6.30. The number of hydrogen-bond donors (Lipinski definition) is 0. The van der Waals surface area contributed by atoms with Crippen molar-refractivity contribution in [2.45, 2.75) is 24.4 Å². The highest BCUT2D eigenvalue weighted by Crippen LogP contribution is 2.39. The lowest BCUT2D eigenvalue weighted by Gasteiger charge is -2.20. The van der Waals surface area contributed by atoms with E-state index in [0.29, 0.717) is 41.2 Å². The zero-order chi connectivity index (χ0) is 17.2. The van der Waals surface area contributed by atoms with Gasteiger partial charge < -0.3 is 13.9 Å². The number of benzene rings is 1. The summed E-state index contributed by atoms with van der Waals surface area (Å²) in [4.78, 5) is 0. The van der Waals surface area contributed by atoms with Crippen molar-refractivity contribution in [3.63, 3.8) is 0 Å². The van der Waals surface area contributed by atoms with Gasteiger partial charge in [-0.15, -0.1) is 10.2 Å². The second-order valence-corrected chi connectivity index (χ2v) is 6.77. The maximum Gasteiger partial charge on any atom is 0.200 e. The third kappa shape index (κ3) is 3.21. The van der Waals surface area contributed by atoms with Crippen molar-refractivity contribution in [1.29, 1.82) is 0 Å². The quantitative estimate of drug-likeness (QED) is 0.618. The van der Waals surface area contributed by atoms with Crippen LogP contribution >= 0.6 is 23.4 Å². The average Bonchev–Trinajstić information content (AvgIpc) is 3.29. The first-order valence-corrected chi connectivity index (χ1v) is 9.30. The van der Waals surface area contributed by atoms with Crippen molar-refractivity contribution in [3.05, 3.63) is 41.1 Å². The molecule has 0 saturated carbocycles. The van der Waals surface area contributed by atoms with Gasteiger partial charge in [0.1, 0.15) is 13.2 Å². The van der Waals surface area contributed by atoms with E-state index in [9.17, 15) is 0 Å². The summed E-state index contributed by atoms with van der Waals surface area (Å²) in [7, 11) is 0. The highest BCUT2D eigenvalue weighted by atomic mass is 35.5. The SMILES string of the molecule is CCn1c(SCc2cc(Cl)c3c(c2)OCCO3)nnc1-c1ccco1. The molecule has 0 bridgehead atoms. The molecule has 130 valence electrons. The number of halogens is 1. The second kappa shape index (κ2) is 7.01. The third-order valence-electron chi connectivity index (χ3n) is 3.80. The van der Waals surface area contributed by atoms with E-state index in [1.807, 2.05) is 28.8 Å². The van der Waals surface area contributed by atoms with Crippen LogP contribution in [0.2, 0.25) is 5.02 Å². The molecule has 1 aromatic carbocycles. The van der Waals surface area contributed by atoms with E-state index in [-0.39, 0.29) is 0 Å². The Morgan fingerprint density at radius 1 is 1.24 bits per heavy atom. The van der Waals surface area contributed by atoms with Gasteiger partial charge >= 0.3 is 0 Å². The van der Waals surface area contributed by atoms with E-state index in [2.05, 4.69) is 17.1 Å². The zero-order valence-electron chi connectivity index (χ0n) is 13.6. The van der Waals surface area contributed by atoms with Gasteiger partial charge in [0.15, 0.2) is 28.2 Å². The molecular formula is C17H16ClN3O3S. The third-order valence-corrected chi connectivity index (χ3v) is 5.12. The van der Waals surface area contributed by atoms with Crippen LogP contribution in [0.3, 0.4) is 0 Å².